The van der Waals surface area contributed by atoms with Crippen LogP contribution in [0, 0.1) is 0 Å². The summed E-state index contributed by atoms with van der Waals surface area (Å²) in [5.74, 6) is 0.939. The van der Waals surface area contributed by atoms with Gasteiger partial charge in [-0.15, -0.1) is 0 Å². The molecule has 1 N–H and O–H groups in total. The first kappa shape index (κ1) is 27.4. The summed E-state index contributed by atoms with van der Waals surface area (Å²) in [5, 5.41) is 0. The van der Waals surface area contributed by atoms with E-state index in [1.54, 1.807) is 12.1 Å². The van der Waals surface area contributed by atoms with Crippen LogP contribution in [0.1, 0.15) is 90.8 Å². The Hall–Kier alpha value is -1.85. The summed E-state index contributed by atoms with van der Waals surface area (Å²) in [6.45, 7) is 16.5. The first-order valence-electron chi connectivity index (χ1n) is 12.3. The summed E-state index contributed by atoms with van der Waals surface area (Å²) in [6, 6.07) is 13.7. The second-order valence-corrected chi connectivity index (χ2v) is 11.9. The molecule has 0 aliphatic rings. The van der Waals surface area contributed by atoms with Crippen LogP contribution in [0.25, 0.3) is 0 Å². The molecule has 2 aromatic carbocycles. The smallest absolute Gasteiger partial charge is 0.240 e. The van der Waals surface area contributed by atoms with Gasteiger partial charge >= 0.3 is 0 Å². The molecule has 0 atom stereocenters. The van der Waals surface area contributed by atoms with E-state index in [9.17, 15) is 8.42 Å². The quantitative estimate of drug-likeness (QED) is 0.327. The summed E-state index contributed by atoms with van der Waals surface area (Å²) >= 11 is 0. The number of hydrogen-bond donors (Lipinski definition) is 1. The highest BCUT2D eigenvalue weighted by Crippen LogP contribution is 2.38. The Bertz CT molecular complexity index is 992. The van der Waals surface area contributed by atoms with Crippen molar-refractivity contribution in [2.75, 3.05) is 13.2 Å². The highest BCUT2D eigenvalue weighted by atomic mass is 32.2. The molecule has 33 heavy (non-hydrogen) atoms. The van der Waals surface area contributed by atoms with E-state index in [2.05, 4.69) is 71.4 Å². The molecule has 0 unspecified atom stereocenters. The molecule has 2 rings (SSSR count). The topological polar surface area (TPSA) is 55.4 Å². The van der Waals surface area contributed by atoms with Crippen LogP contribution >= 0.6 is 0 Å². The number of sulfonamides is 1. The zero-order chi connectivity index (χ0) is 24.7. The monoisotopic (exact) mass is 473 g/mol. The molecule has 5 heteroatoms. The van der Waals surface area contributed by atoms with Crippen molar-refractivity contribution in [2.45, 2.75) is 96.3 Å². The zero-order valence-electron chi connectivity index (χ0n) is 21.6. The number of rotatable bonds is 13. The second-order valence-electron chi connectivity index (χ2n) is 10.1. The van der Waals surface area contributed by atoms with E-state index in [-0.39, 0.29) is 10.8 Å². The third-order valence-electron chi connectivity index (χ3n) is 7.02. The lowest BCUT2D eigenvalue weighted by atomic mass is 9.76. The highest BCUT2D eigenvalue weighted by Gasteiger charge is 2.26. The Kier molecular flexibility index (Phi) is 9.57. The maximum Gasteiger partial charge on any atom is 0.240 e. The Morgan fingerprint density at radius 1 is 0.848 bits per heavy atom. The van der Waals surface area contributed by atoms with Crippen LogP contribution in [0.2, 0.25) is 0 Å². The van der Waals surface area contributed by atoms with E-state index in [4.69, 9.17) is 4.74 Å². The van der Waals surface area contributed by atoms with Crippen molar-refractivity contribution in [3.63, 3.8) is 0 Å². The Morgan fingerprint density at radius 3 is 2.06 bits per heavy atom. The van der Waals surface area contributed by atoms with Crippen LogP contribution in [0.5, 0.6) is 5.75 Å². The predicted octanol–water partition coefficient (Wildman–Crippen LogP) is 6.76. The highest BCUT2D eigenvalue weighted by molar-refractivity contribution is 7.89. The molecule has 2 aromatic rings. The molecule has 4 nitrogen and oxygen atoms in total. The molecule has 0 aromatic heterocycles. The number of aryl methyl sites for hydroxylation is 1. The molecule has 0 saturated carbocycles. The summed E-state index contributed by atoms with van der Waals surface area (Å²) in [6.07, 6.45) is 4.51. The van der Waals surface area contributed by atoms with Crippen LogP contribution in [0.3, 0.4) is 0 Å². The normalized spacial score (nSPS) is 12.7. The third-order valence-corrected chi connectivity index (χ3v) is 8.50. The molecule has 0 bridgehead atoms. The maximum absolute atomic E-state index is 12.5. The predicted molar refractivity (Wildman–Crippen MR) is 139 cm³/mol. The lowest BCUT2D eigenvalue weighted by Crippen LogP contribution is -2.25. The molecule has 0 spiro atoms. The molecule has 184 valence electrons. The fourth-order valence-electron chi connectivity index (χ4n) is 3.60. The van der Waals surface area contributed by atoms with Gasteiger partial charge < -0.3 is 4.74 Å². The first-order valence-corrected chi connectivity index (χ1v) is 13.8. The van der Waals surface area contributed by atoms with Gasteiger partial charge in [-0.2, -0.15) is 0 Å². The molecular formula is C28H43NO3S. The molecule has 0 amide bonds. The molecular weight excluding hydrogens is 430 g/mol. The van der Waals surface area contributed by atoms with Crippen LogP contribution in [-0.2, 0) is 27.3 Å². The molecule has 0 aliphatic carbocycles. The van der Waals surface area contributed by atoms with Gasteiger partial charge in [0.05, 0.1) is 11.5 Å². The summed E-state index contributed by atoms with van der Waals surface area (Å²) in [4.78, 5) is 0.317. The summed E-state index contributed by atoms with van der Waals surface area (Å²) < 4.78 is 33.8. The molecule has 0 fully saturated rings. The number of ether oxygens (including phenoxy) is 1. The van der Waals surface area contributed by atoms with Crippen molar-refractivity contribution >= 4 is 10.0 Å². The number of nitrogens with one attached hydrogen (secondary N) is 1. The Balaban J connectivity index is 1.94. The summed E-state index contributed by atoms with van der Waals surface area (Å²) in [7, 11) is -3.47. The minimum absolute atomic E-state index is 0.0259. The van der Waals surface area contributed by atoms with Gasteiger partial charge in [-0.3, -0.25) is 0 Å². The van der Waals surface area contributed by atoms with Gasteiger partial charge in [0.25, 0.3) is 0 Å². The van der Waals surface area contributed by atoms with E-state index in [1.807, 2.05) is 12.1 Å². The first-order chi connectivity index (χ1) is 15.5. The average Bonchev–Trinajstić information content (AvgIpc) is 2.81. The van der Waals surface area contributed by atoms with Gasteiger partial charge in [0.1, 0.15) is 5.75 Å². The minimum atomic E-state index is -3.47. The SMILES string of the molecule is CCc1ccc(S(=O)(=O)NCCCCOc2ccc(C(C)(C)CC)cc2C(C)(C)CC)cc1. The molecule has 0 aliphatic heterocycles. The molecule has 0 heterocycles. The van der Waals surface area contributed by atoms with Crippen LogP contribution in [0.4, 0.5) is 0 Å². The second kappa shape index (κ2) is 11.5. The van der Waals surface area contributed by atoms with E-state index in [0.29, 0.717) is 18.0 Å². The minimum Gasteiger partial charge on any atom is -0.493 e. The van der Waals surface area contributed by atoms with Gasteiger partial charge in [-0.05, 0) is 72.3 Å². The van der Waals surface area contributed by atoms with Crippen molar-refractivity contribution in [1.82, 2.24) is 4.72 Å². The van der Waals surface area contributed by atoms with Crippen LogP contribution < -0.4 is 9.46 Å². The summed E-state index contributed by atoms with van der Waals surface area (Å²) in [5.41, 5.74) is 3.88. The van der Waals surface area contributed by atoms with Gasteiger partial charge in [0, 0.05) is 12.1 Å². The third kappa shape index (κ3) is 7.31. The number of unbranched alkanes of at least 4 members (excludes halogenated alkanes) is 1. The maximum atomic E-state index is 12.5. The van der Waals surface area contributed by atoms with E-state index in [0.717, 1.165) is 43.4 Å². The van der Waals surface area contributed by atoms with Gasteiger partial charge in [-0.25, -0.2) is 13.1 Å². The van der Waals surface area contributed by atoms with Crippen molar-refractivity contribution in [3.05, 3.63) is 59.2 Å². The van der Waals surface area contributed by atoms with Gasteiger partial charge in [-0.1, -0.05) is 72.7 Å². The standard InChI is InChI=1S/C28H43NO3S/c1-8-22-13-16-24(17-14-22)33(30,31)29-19-11-12-20-32-26-18-15-23(27(4,5)9-2)21-25(26)28(6,7)10-3/h13-18,21,29H,8-12,19-20H2,1-7H3. The number of hydrogen-bond acceptors (Lipinski definition) is 3. The Labute approximate surface area is 202 Å². The lowest BCUT2D eigenvalue weighted by Gasteiger charge is -2.30. The van der Waals surface area contributed by atoms with Crippen molar-refractivity contribution in [3.8, 4) is 5.75 Å². The fraction of sp³-hybridized carbons (Fsp3) is 0.571. The van der Waals surface area contributed by atoms with Gasteiger partial charge in [0.2, 0.25) is 10.0 Å². The van der Waals surface area contributed by atoms with E-state index < -0.39 is 10.0 Å². The van der Waals surface area contributed by atoms with Crippen LogP contribution in [0.15, 0.2) is 47.4 Å². The lowest BCUT2D eigenvalue weighted by molar-refractivity contribution is 0.296. The number of benzene rings is 2. The van der Waals surface area contributed by atoms with E-state index >= 15 is 0 Å². The van der Waals surface area contributed by atoms with Crippen LogP contribution in [-0.4, -0.2) is 21.6 Å². The zero-order valence-corrected chi connectivity index (χ0v) is 22.4. The molecule has 0 radical (unpaired) electrons. The van der Waals surface area contributed by atoms with E-state index in [1.165, 1.54) is 11.1 Å². The van der Waals surface area contributed by atoms with Crippen molar-refractivity contribution in [2.24, 2.45) is 0 Å². The molecule has 0 saturated heterocycles. The largest absolute Gasteiger partial charge is 0.493 e. The van der Waals surface area contributed by atoms with Crippen molar-refractivity contribution < 1.29 is 13.2 Å². The fourth-order valence-corrected chi connectivity index (χ4v) is 4.68. The Morgan fingerprint density at radius 2 is 1.48 bits per heavy atom. The van der Waals surface area contributed by atoms with Crippen molar-refractivity contribution in [1.29, 1.82) is 0 Å². The average molecular weight is 474 g/mol. The van der Waals surface area contributed by atoms with Gasteiger partial charge in [0.15, 0.2) is 0 Å².